The van der Waals surface area contributed by atoms with Crippen molar-refractivity contribution in [1.82, 2.24) is 0 Å². The Morgan fingerprint density at radius 1 is 1.25 bits per heavy atom. The Labute approximate surface area is 137 Å². The Morgan fingerprint density at radius 2 is 1.88 bits per heavy atom. The topological polar surface area (TPSA) is 138 Å². The molecule has 0 bridgehead atoms. The normalized spacial score (nSPS) is 22.8. The van der Waals surface area contributed by atoms with E-state index in [9.17, 15) is 29.4 Å². The Bertz CT molecular complexity index is 642. The molecule has 3 N–H and O–H groups in total. The van der Waals surface area contributed by atoms with Crippen LogP contribution in [0.15, 0.2) is 36.0 Å². The molecular weight excluding hydrogens is 320 g/mol. The zero-order chi connectivity index (χ0) is 18.5. The highest BCUT2D eigenvalue weighted by Gasteiger charge is 2.46. The van der Waals surface area contributed by atoms with Crippen molar-refractivity contribution in [1.29, 1.82) is 0 Å². The van der Waals surface area contributed by atoms with Crippen LogP contribution in [0.5, 0.6) is 0 Å². The maximum Gasteiger partial charge on any atom is 0.336 e. The van der Waals surface area contributed by atoms with Crippen molar-refractivity contribution in [3.05, 3.63) is 36.0 Å². The van der Waals surface area contributed by atoms with Gasteiger partial charge in [0, 0.05) is 12.0 Å². The number of rotatable bonds is 8. The Kier molecular flexibility index (Phi) is 6.05. The molecule has 0 spiro atoms. The van der Waals surface area contributed by atoms with E-state index in [1.165, 1.54) is 13.0 Å². The van der Waals surface area contributed by atoms with Crippen LogP contribution in [0.4, 0.5) is 0 Å². The summed E-state index contributed by atoms with van der Waals surface area (Å²) < 4.78 is 4.78. The van der Waals surface area contributed by atoms with Crippen molar-refractivity contribution in [2.45, 2.75) is 19.8 Å². The molecule has 0 radical (unpaired) electrons. The predicted molar refractivity (Wildman–Crippen MR) is 81.1 cm³/mol. The van der Waals surface area contributed by atoms with Gasteiger partial charge in [-0.3, -0.25) is 4.79 Å². The van der Waals surface area contributed by atoms with E-state index < -0.39 is 46.4 Å². The fraction of sp³-hybridized carbons (Fsp3) is 0.375. The Morgan fingerprint density at radius 3 is 2.33 bits per heavy atom. The van der Waals surface area contributed by atoms with Crippen LogP contribution in [0, 0.1) is 11.3 Å². The Hall–Kier alpha value is -2.90. The summed E-state index contributed by atoms with van der Waals surface area (Å²) in [4.78, 5) is 45.4. The summed E-state index contributed by atoms with van der Waals surface area (Å²) in [6.07, 6.45) is 3.36. The lowest BCUT2D eigenvalue weighted by Crippen LogP contribution is -2.40. The summed E-state index contributed by atoms with van der Waals surface area (Å²) in [7, 11) is 0. The molecular formula is C16H18O8. The molecule has 0 aromatic heterocycles. The molecule has 1 aliphatic carbocycles. The first kappa shape index (κ1) is 19.1. The van der Waals surface area contributed by atoms with Crippen molar-refractivity contribution in [3.8, 4) is 0 Å². The highest BCUT2D eigenvalue weighted by Crippen LogP contribution is 2.43. The first-order chi connectivity index (χ1) is 11.1. The van der Waals surface area contributed by atoms with Crippen LogP contribution >= 0.6 is 0 Å². The Balaban J connectivity index is 3.13. The van der Waals surface area contributed by atoms with Crippen LogP contribution in [0.25, 0.3) is 0 Å². The van der Waals surface area contributed by atoms with Crippen molar-refractivity contribution in [2.75, 3.05) is 6.61 Å². The lowest BCUT2D eigenvalue weighted by Gasteiger charge is -2.35. The number of aliphatic carboxylic acids is 3. The standard InChI is InChI=1S/C16H18O8/c1-3-11(17)24-8-4-5-10-12(14(20)21)9(13(18)19)6-7-16(10,2)15(22)23/h3,6-7,10H,1,4-5,8H2,2H3,(H,18,19)(H,20,21)(H,22,23). The number of carboxylic acids is 3. The number of carboxylic acid groups (broad SMARTS) is 3. The van der Waals surface area contributed by atoms with Crippen molar-refractivity contribution >= 4 is 23.9 Å². The van der Waals surface area contributed by atoms with Gasteiger partial charge in [0.25, 0.3) is 0 Å². The van der Waals surface area contributed by atoms with Crippen LogP contribution in [0.2, 0.25) is 0 Å². The van der Waals surface area contributed by atoms with Gasteiger partial charge in [-0.1, -0.05) is 12.7 Å². The fourth-order valence-electron chi connectivity index (χ4n) is 2.58. The van der Waals surface area contributed by atoms with Gasteiger partial charge in [-0.2, -0.15) is 0 Å². The first-order valence-corrected chi connectivity index (χ1v) is 7.07. The minimum atomic E-state index is -1.57. The number of carbonyl (C=O) groups is 4. The van der Waals surface area contributed by atoms with Crippen molar-refractivity contribution in [2.24, 2.45) is 11.3 Å². The average Bonchev–Trinajstić information content (AvgIpc) is 2.51. The van der Waals surface area contributed by atoms with E-state index in [2.05, 4.69) is 6.58 Å². The average molecular weight is 338 g/mol. The molecule has 0 amide bonds. The molecule has 1 rings (SSSR count). The second-order valence-corrected chi connectivity index (χ2v) is 5.43. The molecule has 0 aliphatic heterocycles. The van der Waals surface area contributed by atoms with Crippen LogP contribution < -0.4 is 0 Å². The number of hydrogen-bond donors (Lipinski definition) is 3. The molecule has 0 saturated heterocycles. The third-order valence-corrected chi connectivity index (χ3v) is 3.93. The maximum absolute atomic E-state index is 11.6. The van der Waals surface area contributed by atoms with E-state index in [-0.39, 0.29) is 19.4 Å². The summed E-state index contributed by atoms with van der Waals surface area (Å²) >= 11 is 0. The maximum atomic E-state index is 11.6. The molecule has 8 nitrogen and oxygen atoms in total. The molecule has 0 aromatic carbocycles. The van der Waals surface area contributed by atoms with Crippen molar-refractivity contribution < 1.29 is 39.2 Å². The molecule has 24 heavy (non-hydrogen) atoms. The van der Waals surface area contributed by atoms with Gasteiger partial charge in [0.1, 0.15) is 0 Å². The van der Waals surface area contributed by atoms with Crippen LogP contribution in [-0.4, -0.2) is 45.8 Å². The van der Waals surface area contributed by atoms with Crippen LogP contribution in [-0.2, 0) is 23.9 Å². The number of ether oxygens (including phenoxy) is 1. The molecule has 1 aliphatic rings. The highest BCUT2D eigenvalue weighted by molar-refractivity contribution is 6.03. The predicted octanol–water partition coefficient (Wildman–Crippen LogP) is 1.24. The van der Waals surface area contributed by atoms with Crippen molar-refractivity contribution in [3.63, 3.8) is 0 Å². The molecule has 2 unspecified atom stereocenters. The molecule has 130 valence electrons. The summed E-state index contributed by atoms with van der Waals surface area (Å²) in [6, 6.07) is 0. The summed E-state index contributed by atoms with van der Waals surface area (Å²) in [6.45, 7) is 4.50. The van der Waals surface area contributed by atoms with Gasteiger partial charge in [-0.05, 0) is 25.8 Å². The minimum Gasteiger partial charge on any atom is -0.481 e. The smallest absolute Gasteiger partial charge is 0.336 e. The van der Waals surface area contributed by atoms with E-state index in [4.69, 9.17) is 9.84 Å². The zero-order valence-electron chi connectivity index (χ0n) is 13.0. The number of hydrogen-bond acceptors (Lipinski definition) is 5. The molecule has 8 heteroatoms. The fourth-order valence-corrected chi connectivity index (χ4v) is 2.58. The first-order valence-electron chi connectivity index (χ1n) is 7.07. The van der Waals surface area contributed by atoms with Gasteiger partial charge in [0.05, 0.1) is 23.2 Å². The van der Waals surface area contributed by atoms with E-state index in [0.29, 0.717) is 0 Å². The van der Waals surface area contributed by atoms with Gasteiger partial charge in [0.2, 0.25) is 0 Å². The number of carbonyl (C=O) groups excluding carboxylic acids is 1. The van der Waals surface area contributed by atoms with Gasteiger partial charge in [0.15, 0.2) is 0 Å². The molecule has 0 saturated carbocycles. The third kappa shape index (κ3) is 3.89. The van der Waals surface area contributed by atoms with E-state index in [1.807, 2.05) is 0 Å². The number of esters is 1. The highest BCUT2D eigenvalue weighted by atomic mass is 16.5. The second-order valence-electron chi connectivity index (χ2n) is 5.43. The van der Waals surface area contributed by atoms with Gasteiger partial charge < -0.3 is 20.1 Å². The van der Waals surface area contributed by atoms with E-state index in [0.717, 1.165) is 12.2 Å². The van der Waals surface area contributed by atoms with E-state index in [1.54, 1.807) is 0 Å². The monoisotopic (exact) mass is 338 g/mol. The van der Waals surface area contributed by atoms with Gasteiger partial charge in [-0.25, -0.2) is 14.4 Å². The quantitative estimate of drug-likeness (QED) is 0.341. The van der Waals surface area contributed by atoms with E-state index >= 15 is 0 Å². The second kappa shape index (κ2) is 7.58. The molecule has 0 heterocycles. The summed E-state index contributed by atoms with van der Waals surface area (Å²) in [5.74, 6) is -5.93. The molecule has 0 aromatic rings. The molecule has 0 fully saturated rings. The summed E-state index contributed by atoms with van der Waals surface area (Å²) in [5.41, 5.74) is -2.49. The van der Waals surface area contributed by atoms with Crippen LogP contribution in [0.1, 0.15) is 19.8 Å². The van der Waals surface area contributed by atoms with Gasteiger partial charge >= 0.3 is 23.9 Å². The zero-order valence-corrected chi connectivity index (χ0v) is 13.0. The van der Waals surface area contributed by atoms with Gasteiger partial charge in [-0.15, -0.1) is 0 Å². The lowest BCUT2D eigenvalue weighted by atomic mass is 9.66. The SMILES string of the molecule is C=CC(=O)OCCCC1C(C(=O)O)=C(C(=O)O)C=CC1(C)C(=O)O. The lowest BCUT2D eigenvalue weighted by molar-refractivity contribution is -0.149. The summed E-state index contributed by atoms with van der Waals surface area (Å²) in [5, 5.41) is 28.0. The largest absolute Gasteiger partial charge is 0.481 e. The third-order valence-electron chi connectivity index (χ3n) is 3.93. The van der Waals surface area contributed by atoms with Crippen LogP contribution in [0.3, 0.4) is 0 Å². The molecule has 2 atom stereocenters. The minimum absolute atomic E-state index is 0.0238.